The Kier molecular flexibility index (Phi) is 6.26. The van der Waals surface area contributed by atoms with E-state index in [-0.39, 0.29) is 0 Å². The summed E-state index contributed by atoms with van der Waals surface area (Å²) in [5.41, 5.74) is 2.55. The standard InChI is InChI=1S/C18H23BrNP/c1-3-4-5-9-12-16-17(13-19)20(14(2)18(16)21)15-10-7-6-8-11-15/h6-8,10-11,13H,2-5,9,12,21H2,1H3/b17-13-. The fourth-order valence-corrected chi connectivity index (χ4v) is 3.59. The van der Waals surface area contributed by atoms with Crippen LogP contribution in [0.4, 0.5) is 0 Å². The van der Waals surface area contributed by atoms with Gasteiger partial charge in [0.05, 0.1) is 5.35 Å². The molecule has 0 bridgehead atoms. The monoisotopic (exact) mass is 363 g/mol. The van der Waals surface area contributed by atoms with E-state index in [0.29, 0.717) is 0 Å². The molecule has 1 unspecified atom stereocenters. The van der Waals surface area contributed by atoms with Gasteiger partial charge in [0.25, 0.3) is 0 Å². The highest BCUT2D eigenvalue weighted by atomic mass is 79.9. The first kappa shape index (κ1) is 16.5. The molecule has 2 rings (SSSR count). The van der Waals surface area contributed by atoms with Crippen molar-refractivity contribution in [3.8, 4) is 5.69 Å². The lowest BCUT2D eigenvalue weighted by atomic mass is 10.1. The molecule has 1 atom stereocenters. The highest BCUT2D eigenvalue weighted by Gasteiger charge is 2.11. The third-order valence-electron chi connectivity index (χ3n) is 3.85. The number of rotatable bonds is 6. The number of hydrogen-bond acceptors (Lipinski definition) is 0. The molecule has 0 fully saturated rings. The van der Waals surface area contributed by atoms with Crippen LogP contribution in [0.2, 0.25) is 0 Å². The lowest BCUT2D eigenvalue weighted by Crippen LogP contribution is -2.26. The van der Waals surface area contributed by atoms with Crippen molar-refractivity contribution in [3.05, 3.63) is 46.6 Å². The molecule has 1 nitrogen and oxygen atoms in total. The normalized spacial score (nSPS) is 12.0. The van der Waals surface area contributed by atoms with Crippen LogP contribution >= 0.6 is 25.2 Å². The minimum atomic E-state index is 1.06. The van der Waals surface area contributed by atoms with Gasteiger partial charge in [0.15, 0.2) is 0 Å². The number of unbranched alkanes of at least 4 members (excludes halogenated alkanes) is 3. The molecule has 0 aliphatic heterocycles. The van der Waals surface area contributed by atoms with Crippen LogP contribution < -0.4 is 16.0 Å². The van der Waals surface area contributed by atoms with E-state index in [0.717, 1.165) is 17.5 Å². The minimum absolute atomic E-state index is 1.06. The van der Waals surface area contributed by atoms with Gasteiger partial charge in [-0.2, -0.15) is 0 Å². The molecule has 0 N–H and O–H groups in total. The third-order valence-corrected chi connectivity index (χ3v) is 4.97. The maximum Gasteiger partial charge on any atom is 0.0569 e. The van der Waals surface area contributed by atoms with Gasteiger partial charge in [-0.1, -0.05) is 66.9 Å². The van der Waals surface area contributed by atoms with Crippen molar-refractivity contribution in [3.63, 3.8) is 0 Å². The summed E-state index contributed by atoms with van der Waals surface area (Å²) < 4.78 is 2.23. The third kappa shape index (κ3) is 3.67. The molecule has 1 heterocycles. The number of halogens is 1. The van der Waals surface area contributed by atoms with Crippen molar-refractivity contribution in [2.45, 2.75) is 39.0 Å². The molecule has 0 saturated heterocycles. The molecular weight excluding hydrogens is 341 g/mol. The molecule has 0 aliphatic rings. The zero-order valence-electron chi connectivity index (χ0n) is 12.6. The molecule has 0 amide bonds. The highest BCUT2D eigenvalue weighted by molar-refractivity contribution is 9.14. The second-order valence-electron chi connectivity index (χ2n) is 5.31. The van der Waals surface area contributed by atoms with Gasteiger partial charge in [0.1, 0.15) is 0 Å². The van der Waals surface area contributed by atoms with E-state index in [2.05, 4.69) is 67.5 Å². The lowest BCUT2D eigenvalue weighted by Gasteiger charge is -2.05. The molecular formula is C18H23BrNP. The molecule has 0 radical (unpaired) electrons. The van der Waals surface area contributed by atoms with Crippen molar-refractivity contribution in [1.29, 1.82) is 0 Å². The second kappa shape index (κ2) is 7.96. The molecule has 1 aromatic carbocycles. The van der Waals surface area contributed by atoms with E-state index < -0.39 is 0 Å². The fraction of sp³-hybridized carbons (Fsp3) is 0.333. The molecule has 112 valence electrons. The Morgan fingerprint density at radius 3 is 2.52 bits per heavy atom. The Morgan fingerprint density at radius 2 is 1.90 bits per heavy atom. The summed E-state index contributed by atoms with van der Waals surface area (Å²) in [5, 5.41) is 3.51. The SMILES string of the molecule is C=c1c(P)c(CCCCCC)/c(=C/Br)n1-c1ccccc1. The van der Waals surface area contributed by atoms with Gasteiger partial charge < -0.3 is 4.57 Å². The zero-order valence-corrected chi connectivity index (χ0v) is 15.3. The van der Waals surface area contributed by atoms with E-state index in [1.54, 1.807) is 0 Å². The number of hydrogen-bond donors (Lipinski definition) is 0. The quantitative estimate of drug-likeness (QED) is 0.545. The second-order valence-corrected chi connectivity index (χ2v) is 6.35. The molecule has 21 heavy (non-hydrogen) atoms. The number of benzene rings is 1. The van der Waals surface area contributed by atoms with Crippen molar-refractivity contribution in [1.82, 2.24) is 4.57 Å². The minimum Gasteiger partial charge on any atom is -0.310 e. The van der Waals surface area contributed by atoms with Crippen LogP contribution in [0, 0.1) is 0 Å². The summed E-state index contributed by atoms with van der Waals surface area (Å²) in [6.45, 7) is 6.52. The molecule has 0 aliphatic carbocycles. The maximum atomic E-state index is 4.27. The summed E-state index contributed by atoms with van der Waals surface area (Å²) >= 11 is 3.54. The smallest absolute Gasteiger partial charge is 0.0569 e. The van der Waals surface area contributed by atoms with E-state index >= 15 is 0 Å². The summed E-state index contributed by atoms with van der Waals surface area (Å²) in [6, 6.07) is 10.4. The van der Waals surface area contributed by atoms with Crippen LogP contribution in [0.3, 0.4) is 0 Å². The largest absolute Gasteiger partial charge is 0.310 e. The molecule has 3 heteroatoms. The average Bonchev–Trinajstić information content (AvgIpc) is 2.76. The van der Waals surface area contributed by atoms with Crippen molar-refractivity contribution in [2.75, 3.05) is 0 Å². The zero-order chi connectivity index (χ0) is 15.2. The molecule has 1 aromatic heterocycles. The number of nitrogens with zero attached hydrogens (tertiary/aromatic N) is 1. The first-order chi connectivity index (χ1) is 10.2. The van der Waals surface area contributed by atoms with Crippen LogP contribution in [-0.4, -0.2) is 4.57 Å². The summed E-state index contributed by atoms with van der Waals surface area (Å²) in [6.07, 6.45) is 6.23. The van der Waals surface area contributed by atoms with E-state index in [9.17, 15) is 0 Å². The van der Waals surface area contributed by atoms with Crippen LogP contribution in [0.5, 0.6) is 0 Å². The topological polar surface area (TPSA) is 4.93 Å². The lowest BCUT2D eigenvalue weighted by molar-refractivity contribution is 0.666. The van der Waals surface area contributed by atoms with Gasteiger partial charge in [-0.05, 0) is 35.8 Å². The van der Waals surface area contributed by atoms with E-state index in [4.69, 9.17) is 0 Å². The Morgan fingerprint density at radius 1 is 1.19 bits per heavy atom. The predicted molar refractivity (Wildman–Crippen MR) is 101 cm³/mol. The number of aromatic nitrogens is 1. The van der Waals surface area contributed by atoms with Gasteiger partial charge in [-0.25, -0.2) is 0 Å². The molecule has 0 saturated carbocycles. The highest BCUT2D eigenvalue weighted by Crippen LogP contribution is 2.08. The predicted octanol–water partition coefficient (Wildman–Crippen LogP) is 3.64. The first-order valence-corrected chi connectivity index (χ1v) is 9.03. The Labute approximate surface area is 138 Å². The number of para-hydroxylation sites is 1. The van der Waals surface area contributed by atoms with Crippen molar-refractivity contribution < 1.29 is 0 Å². The van der Waals surface area contributed by atoms with Crippen LogP contribution in [0.25, 0.3) is 17.3 Å². The van der Waals surface area contributed by atoms with E-state index in [1.165, 1.54) is 41.9 Å². The van der Waals surface area contributed by atoms with Crippen LogP contribution in [-0.2, 0) is 6.42 Å². The molecule has 0 spiro atoms. The van der Waals surface area contributed by atoms with Crippen molar-refractivity contribution in [2.24, 2.45) is 0 Å². The summed E-state index contributed by atoms with van der Waals surface area (Å²) in [4.78, 5) is 2.03. The Balaban J connectivity index is 2.42. The van der Waals surface area contributed by atoms with Gasteiger partial charge in [0, 0.05) is 16.0 Å². The van der Waals surface area contributed by atoms with Gasteiger partial charge in [0.2, 0.25) is 0 Å². The van der Waals surface area contributed by atoms with Crippen LogP contribution in [0.15, 0.2) is 30.3 Å². The molecule has 2 aromatic rings. The first-order valence-electron chi connectivity index (χ1n) is 7.54. The van der Waals surface area contributed by atoms with Gasteiger partial charge in [-0.15, -0.1) is 9.24 Å². The van der Waals surface area contributed by atoms with E-state index in [1.807, 2.05) is 11.1 Å². The summed E-state index contributed by atoms with van der Waals surface area (Å²) in [5.74, 6) is 0. The van der Waals surface area contributed by atoms with Crippen molar-refractivity contribution >= 4 is 42.0 Å². The Bertz CT molecular complexity index is 688. The van der Waals surface area contributed by atoms with Crippen LogP contribution in [0.1, 0.15) is 38.2 Å². The Hall–Kier alpha value is -0.850. The average molecular weight is 364 g/mol. The van der Waals surface area contributed by atoms with Gasteiger partial charge in [-0.3, -0.25) is 0 Å². The summed E-state index contributed by atoms with van der Waals surface area (Å²) in [7, 11) is 2.88. The van der Waals surface area contributed by atoms with Gasteiger partial charge >= 0.3 is 0 Å². The fourth-order valence-electron chi connectivity index (χ4n) is 2.69. The maximum absolute atomic E-state index is 4.27.